The second-order valence-electron chi connectivity index (χ2n) is 6.05. The smallest absolute Gasteiger partial charge is 0.266 e. The Morgan fingerprint density at radius 1 is 1.11 bits per heavy atom. The van der Waals surface area contributed by atoms with Gasteiger partial charge in [-0.15, -0.1) is 0 Å². The Balaban J connectivity index is 1.93. The Labute approximate surface area is 174 Å². The Morgan fingerprint density at radius 3 is 2.46 bits per heavy atom. The van der Waals surface area contributed by atoms with Crippen LogP contribution in [0.25, 0.3) is 6.08 Å². The van der Waals surface area contributed by atoms with E-state index in [1.165, 1.54) is 11.8 Å². The van der Waals surface area contributed by atoms with E-state index < -0.39 is 0 Å². The second-order valence-corrected chi connectivity index (χ2v) is 7.50. The fourth-order valence-corrected chi connectivity index (χ4v) is 3.88. The lowest BCUT2D eigenvalue weighted by atomic mass is 10.2. The molecule has 5 nitrogen and oxygen atoms in total. The van der Waals surface area contributed by atoms with Crippen molar-refractivity contribution >= 4 is 46.2 Å². The minimum atomic E-state index is -0.0469. The van der Waals surface area contributed by atoms with Crippen molar-refractivity contribution < 1.29 is 14.3 Å². The zero-order valence-corrected chi connectivity index (χ0v) is 17.5. The molecule has 7 heteroatoms. The van der Waals surface area contributed by atoms with E-state index in [-0.39, 0.29) is 5.91 Å². The quantitative estimate of drug-likeness (QED) is 0.594. The molecule has 1 aliphatic rings. The molecule has 0 bridgehead atoms. The highest BCUT2D eigenvalue weighted by Gasteiger charge is 2.32. The minimum absolute atomic E-state index is 0.0469. The van der Waals surface area contributed by atoms with Crippen LogP contribution in [0.4, 0.5) is 5.69 Å². The lowest BCUT2D eigenvalue weighted by Crippen LogP contribution is -2.29. The number of carbonyl (C=O) groups is 1. The number of hydrogen-bond donors (Lipinski definition) is 0. The molecular weight excluding hydrogens is 396 g/mol. The number of rotatable bonds is 6. The average molecular weight is 417 g/mol. The van der Waals surface area contributed by atoms with Gasteiger partial charge in [-0.25, -0.2) is 4.99 Å². The molecule has 0 aliphatic carbocycles. The van der Waals surface area contributed by atoms with Crippen molar-refractivity contribution in [1.29, 1.82) is 0 Å². The van der Waals surface area contributed by atoms with Gasteiger partial charge < -0.3 is 9.47 Å². The molecule has 2 aromatic rings. The van der Waals surface area contributed by atoms with Gasteiger partial charge in [-0.3, -0.25) is 9.69 Å². The number of thioether (sulfide) groups is 1. The predicted molar refractivity (Wildman–Crippen MR) is 116 cm³/mol. The third-order valence-corrected chi connectivity index (χ3v) is 5.35. The number of ether oxygens (including phenoxy) is 2. The zero-order chi connectivity index (χ0) is 20.1. The van der Waals surface area contributed by atoms with Gasteiger partial charge in [0.25, 0.3) is 5.91 Å². The average Bonchev–Trinajstić information content (AvgIpc) is 2.98. The van der Waals surface area contributed by atoms with Gasteiger partial charge in [0.2, 0.25) is 0 Å². The highest BCUT2D eigenvalue weighted by Crippen LogP contribution is 2.36. The van der Waals surface area contributed by atoms with Crippen LogP contribution >= 0.6 is 23.4 Å². The number of nitrogens with zero attached hydrogens (tertiary/aromatic N) is 2. The van der Waals surface area contributed by atoms with Gasteiger partial charge in [-0.2, -0.15) is 0 Å². The fraction of sp³-hybridized carbons (Fsp3) is 0.238. The van der Waals surface area contributed by atoms with Gasteiger partial charge in [0.05, 0.1) is 24.8 Å². The van der Waals surface area contributed by atoms with E-state index in [4.69, 9.17) is 21.1 Å². The molecule has 0 unspecified atom stereocenters. The van der Waals surface area contributed by atoms with Crippen LogP contribution < -0.4 is 9.47 Å². The summed E-state index contributed by atoms with van der Waals surface area (Å²) >= 11 is 7.31. The molecule has 0 N–H and O–H groups in total. The number of carbonyl (C=O) groups excluding carboxylic acids is 1. The molecule has 146 valence electrons. The summed E-state index contributed by atoms with van der Waals surface area (Å²) in [4.78, 5) is 19.9. The third-order valence-electron chi connectivity index (χ3n) is 4.09. The van der Waals surface area contributed by atoms with Crippen molar-refractivity contribution in [3.63, 3.8) is 0 Å². The normalized spacial score (nSPS) is 16.9. The number of aliphatic imine (C=N–C) groups is 1. The zero-order valence-electron chi connectivity index (χ0n) is 15.9. The van der Waals surface area contributed by atoms with E-state index in [1.54, 1.807) is 31.3 Å². The standard InChI is InChI=1S/C21H21ClN2O3S/c1-4-11-24-20(25)19(13-14-5-10-17(26-2)18(12-14)27-3)28-21(24)23-16-8-6-15(22)7-9-16/h5-10,12-13H,4,11H2,1-3H3/b19-13-,23-21?. The topological polar surface area (TPSA) is 51.1 Å². The molecule has 0 spiro atoms. The first-order chi connectivity index (χ1) is 13.5. The summed E-state index contributed by atoms with van der Waals surface area (Å²) < 4.78 is 10.6. The lowest BCUT2D eigenvalue weighted by Gasteiger charge is -2.13. The predicted octanol–water partition coefficient (Wildman–Crippen LogP) is 5.37. The Hall–Kier alpha value is -2.44. The van der Waals surface area contributed by atoms with Crippen LogP contribution in [0.1, 0.15) is 18.9 Å². The second kappa shape index (κ2) is 9.17. The van der Waals surface area contributed by atoms with Crippen LogP contribution in [0.15, 0.2) is 52.4 Å². The Morgan fingerprint density at radius 2 is 1.82 bits per heavy atom. The molecule has 1 fully saturated rings. The molecule has 0 saturated carbocycles. The molecule has 28 heavy (non-hydrogen) atoms. The first-order valence-electron chi connectivity index (χ1n) is 8.83. The summed E-state index contributed by atoms with van der Waals surface area (Å²) in [6.07, 6.45) is 2.69. The maximum absolute atomic E-state index is 12.9. The molecule has 1 saturated heterocycles. The maximum Gasteiger partial charge on any atom is 0.266 e. The number of benzene rings is 2. The van der Waals surface area contributed by atoms with Gasteiger partial charge in [0.1, 0.15) is 0 Å². The number of hydrogen-bond acceptors (Lipinski definition) is 5. The molecule has 1 heterocycles. The number of amides is 1. The maximum atomic E-state index is 12.9. The summed E-state index contributed by atoms with van der Waals surface area (Å²) in [5.41, 5.74) is 1.62. The van der Waals surface area contributed by atoms with Crippen molar-refractivity contribution in [1.82, 2.24) is 4.90 Å². The summed E-state index contributed by atoms with van der Waals surface area (Å²) in [6, 6.07) is 12.8. The number of halogens is 1. The van der Waals surface area contributed by atoms with E-state index in [1.807, 2.05) is 43.3 Å². The van der Waals surface area contributed by atoms with Crippen LogP contribution in [0, 0.1) is 0 Å². The third kappa shape index (κ3) is 4.51. The van der Waals surface area contributed by atoms with E-state index >= 15 is 0 Å². The van der Waals surface area contributed by atoms with E-state index in [9.17, 15) is 4.79 Å². The van der Waals surface area contributed by atoms with Crippen molar-refractivity contribution in [2.45, 2.75) is 13.3 Å². The number of amidine groups is 1. The fourth-order valence-electron chi connectivity index (χ4n) is 2.73. The van der Waals surface area contributed by atoms with Crippen LogP contribution in [0.3, 0.4) is 0 Å². The van der Waals surface area contributed by atoms with Crippen LogP contribution in [-0.2, 0) is 4.79 Å². The highest BCUT2D eigenvalue weighted by atomic mass is 35.5. The van der Waals surface area contributed by atoms with Gasteiger partial charge in [-0.05, 0) is 66.2 Å². The molecule has 0 atom stereocenters. The molecular formula is C21H21ClN2O3S. The molecule has 2 aromatic carbocycles. The van der Waals surface area contributed by atoms with Crippen molar-refractivity contribution in [2.24, 2.45) is 4.99 Å². The number of methoxy groups -OCH3 is 2. The summed E-state index contributed by atoms with van der Waals surface area (Å²) in [5.74, 6) is 1.22. The summed E-state index contributed by atoms with van der Waals surface area (Å²) in [7, 11) is 3.18. The molecule has 0 aromatic heterocycles. The molecule has 1 amide bonds. The van der Waals surface area contributed by atoms with Crippen molar-refractivity contribution in [2.75, 3.05) is 20.8 Å². The van der Waals surface area contributed by atoms with Crippen molar-refractivity contribution in [3.05, 3.63) is 58.0 Å². The Kier molecular flexibility index (Phi) is 6.65. The monoisotopic (exact) mass is 416 g/mol. The van der Waals surface area contributed by atoms with E-state index in [2.05, 4.69) is 4.99 Å². The van der Waals surface area contributed by atoms with Crippen LogP contribution in [0.5, 0.6) is 11.5 Å². The summed E-state index contributed by atoms with van der Waals surface area (Å²) in [6.45, 7) is 2.65. The molecule has 0 radical (unpaired) electrons. The summed E-state index contributed by atoms with van der Waals surface area (Å²) in [5, 5.41) is 1.32. The van der Waals surface area contributed by atoms with Crippen LogP contribution in [0.2, 0.25) is 5.02 Å². The minimum Gasteiger partial charge on any atom is -0.493 e. The highest BCUT2D eigenvalue weighted by molar-refractivity contribution is 8.18. The first-order valence-corrected chi connectivity index (χ1v) is 10.0. The Bertz CT molecular complexity index is 926. The molecule has 1 aliphatic heterocycles. The lowest BCUT2D eigenvalue weighted by molar-refractivity contribution is -0.122. The van der Waals surface area contributed by atoms with E-state index in [0.29, 0.717) is 33.1 Å². The molecule has 3 rings (SSSR count). The van der Waals surface area contributed by atoms with E-state index in [0.717, 1.165) is 17.7 Å². The van der Waals surface area contributed by atoms with Gasteiger partial charge in [0.15, 0.2) is 16.7 Å². The van der Waals surface area contributed by atoms with Gasteiger partial charge in [-0.1, -0.05) is 24.6 Å². The first kappa shape index (κ1) is 20.3. The van der Waals surface area contributed by atoms with Crippen molar-refractivity contribution in [3.8, 4) is 11.5 Å². The van der Waals surface area contributed by atoms with Crippen LogP contribution in [-0.4, -0.2) is 36.7 Å². The van der Waals surface area contributed by atoms with Gasteiger partial charge >= 0.3 is 0 Å². The largest absolute Gasteiger partial charge is 0.493 e. The van der Waals surface area contributed by atoms with Gasteiger partial charge in [0, 0.05) is 11.6 Å². The SMILES string of the molecule is CCCN1C(=O)/C(=C/c2ccc(OC)c(OC)c2)SC1=Nc1ccc(Cl)cc1.